The molecule has 1 aromatic carbocycles. The van der Waals surface area contributed by atoms with Crippen LogP contribution >= 0.6 is 0 Å². The van der Waals surface area contributed by atoms with Crippen LogP contribution in [0.25, 0.3) is 0 Å². The number of hydrogen-bond acceptors (Lipinski definition) is 3. The minimum atomic E-state index is -0.678. The molecule has 14 heavy (non-hydrogen) atoms. The molecule has 4 nitrogen and oxygen atoms in total. The maximum Gasteiger partial charge on any atom is 0.422 e. The fourth-order valence-corrected chi connectivity index (χ4v) is 1.34. The van der Waals surface area contributed by atoms with Crippen molar-refractivity contribution in [3.63, 3.8) is 0 Å². The molecule has 0 spiro atoms. The zero-order valence-electron chi connectivity index (χ0n) is 7.64. The summed E-state index contributed by atoms with van der Waals surface area (Å²) in [7, 11) is 0. The van der Waals surface area contributed by atoms with Crippen molar-refractivity contribution in [3.8, 4) is 0 Å². The van der Waals surface area contributed by atoms with Crippen LogP contribution < -0.4 is 4.90 Å². The van der Waals surface area contributed by atoms with Gasteiger partial charge in [-0.3, -0.25) is 4.79 Å². The van der Waals surface area contributed by atoms with Crippen LogP contribution in [0, 0.1) is 0 Å². The molecule has 0 aromatic heterocycles. The largest absolute Gasteiger partial charge is 0.436 e. The maximum atomic E-state index is 11.5. The van der Waals surface area contributed by atoms with Crippen LogP contribution in [0.2, 0.25) is 0 Å². The zero-order chi connectivity index (χ0) is 10.1. The van der Waals surface area contributed by atoms with Crippen LogP contribution in [0.1, 0.15) is 6.92 Å². The number of carbonyl (C=O) groups is 2. The Kier molecular flexibility index (Phi) is 1.96. The molecule has 1 aliphatic rings. The van der Waals surface area contributed by atoms with Gasteiger partial charge in [0.15, 0.2) is 6.10 Å². The first-order chi connectivity index (χ1) is 6.70. The monoisotopic (exact) mass is 191 g/mol. The normalized spacial score (nSPS) is 21.2. The molecule has 2 rings (SSSR count). The smallest absolute Gasteiger partial charge is 0.422 e. The van der Waals surface area contributed by atoms with E-state index in [9.17, 15) is 9.59 Å². The lowest BCUT2D eigenvalue weighted by Crippen LogP contribution is -2.30. The van der Waals surface area contributed by atoms with E-state index in [-0.39, 0.29) is 5.91 Å². The van der Waals surface area contributed by atoms with Gasteiger partial charge in [-0.15, -0.1) is 0 Å². The predicted molar refractivity (Wildman–Crippen MR) is 49.9 cm³/mol. The molecule has 72 valence electrons. The van der Waals surface area contributed by atoms with Crippen LogP contribution in [-0.4, -0.2) is 18.1 Å². The van der Waals surface area contributed by atoms with E-state index in [4.69, 9.17) is 4.74 Å². The summed E-state index contributed by atoms with van der Waals surface area (Å²) in [6.07, 6.45) is -1.28. The Morgan fingerprint density at radius 2 is 1.86 bits per heavy atom. The first kappa shape index (κ1) is 8.74. The van der Waals surface area contributed by atoms with Crippen LogP contribution in [0.3, 0.4) is 0 Å². The Morgan fingerprint density at radius 1 is 1.21 bits per heavy atom. The molecule has 1 fully saturated rings. The predicted octanol–water partition coefficient (Wildman–Crippen LogP) is 1.56. The molecule has 4 heteroatoms. The second-order valence-electron chi connectivity index (χ2n) is 3.04. The summed E-state index contributed by atoms with van der Waals surface area (Å²) in [4.78, 5) is 23.8. The summed E-state index contributed by atoms with van der Waals surface area (Å²) >= 11 is 0. The van der Waals surface area contributed by atoms with E-state index >= 15 is 0 Å². The van der Waals surface area contributed by atoms with Gasteiger partial charge in [0.2, 0.25) is 0 Å². The molecule has 1 aliphatic heterocycles. The molecule has 0 N–H and O–H groups in total. The number of anilines is 1. The number of hydrogen-bond donors (Lipinski definition) is 0. The molecular formula is C10H9NO3. The zero-order valence-corrected chi connectivity index (χ0v) is 7.64. The summed E-state index contributed by atoms with van der Waals surface area (Å²) in [6, 6.07) is 8.73. The highest BCUT2D eigenvalue weighted by atomic mass is 16.6. The van der Waals surface area contributed by atoms with Crippen molar-refractivity contribution < 1.29 is 14.3 Å². The number of para-hydroxylation sites is 1. The number of imide groups is 1. The van der Waals surface area contributed by atoms with E-state index in [2.05, 4.69) is 0 Å². The average molecular weight is 191 g/mol. The maximum absolute atomic E-state index is 11.5. The lowest BCUT2D eigenvalue weighted by atomic mass is 10.3. The van der Waals surface area contributed by atoms with Gasteiger partial charge in [0.05, 0.1) is 5.69 Å². The molecule has 1 atom stereocenters. The Hall–Kier alpha value is -1.84. The number of ether oxygens (including phenoxy) is 1. The minimum absolute atomic E-state index is 0.318. The van der Waals surface area contributed by atoms with E-state index in [1.165, 1.54) is 0 Å². The van der Waals surface area contributed by atoms with Gasteiger partial charge in [0.1, 0.15) is 0 Å². The third kappa shape index (κ3) is 1.25. The van der Waals surface area contributed by atoms with Gasteiger partial charge in [-0.05, 0) is 19.1 Å². The van der Waals surface area contributed by atoms with Crippen molar-refractivity contribution >= 4 is 17.7 Å². The Balaban J connectivity index is 2.36. The number of amides is 2. The molecule has 1 heterocycles. The minimum Gasteiger partial charge on any atom is -0.436 e. The topological polar surface area (TPSA) is 46.6 Å². The highest BCUT2D eigenvalue weighted by Gasteiger charge is 2.38. The summed E-state index contributed by atoms with van der Waals surface area (Å²) in [5, 5.41) is 0. The standard InChI is InChI=1S/C10H9NO3/c1-7-9(12)11(10(13)14-7)8-5-3-2-4-6-8/h2-7H,1H3. The quantitative estimate of drug-likeness (QED) is 0.676. The Morgan fingerprint density at radius 3 is 2.36 bits per heavy atom. The second-order valence-corrected chi connectivity index (χ2v) is 3.04. The number of rotatable bonds is 1. The highest BCUT2D eigenvalue weighted by molar-refractivity contribution is 6.17. The van der Waals surface area contributed by atoms with Gasteiger partial charge in [0, 0.05) is 0 Å². The van der Waals surface area contributed by atoms with Crippen molar-refractivity contribution in [1.82, 2.24) is 0 Å². The molecule has 0 saturated carbocycles. The van der Waals surface area contributed by atoms with Crippen molar-refractivity contribution in [2.24, 2.45) is 0 Å². The van der Waals surface area contributed by atoms with Gasteiger partial charge in [0.25, 0.3) is 5.91 Å². The van der Waals surface area contributed by atoms with Gasteiger partial charge in [-0.2, -0.15) is 0 Å². The third-order valence-electron chi connectivity index (χ3n) is 2.04. The van der Waals surface area contributed by atoms with Gasteiger partial charge in [-0.1, -0.05) is 18.2 Å². The average Bonchev–Trinajstić information content (AvgIpc) is 2.43. The number of nitrogens with zero attached hydrogens (tertiary/aromatic N) is 1. The summed E-state index contributed by atoms with van der Waals surface area (Å²) < 4.78 is 4.78. The van der Waals surface area contributed by atoms with Gasteiger partial charge >= 0.3 is 6.09 Å². The van der Waals surface area contributed by atoms with E-state index in [0.29, 0.717) is 5.69 Å². The van der Waals surface area contributed by atoms with Crippen molar-refractivity contribution in [2.75, 3.05) is 4.90 Å². The lowest BCUT2D eigenvalue weighted by Gasteiger charge is -2.09. The van der Waals surface area contributed by atoms with Crippen LogP contribution in [-0.2, 0) is 9.53 Å². The van der Waals surface area contributed by atoms with Crippen LogP contribution in [0.4, 0.5) is 10.5 Å². The van der Waals surface area contributed by atoms with Crippen molar-refractivity contribution in [3.05, 3.63) is 30.3 Å². The fraction of sp³-hybridized carbons (Fsp3) is 0.200. The van der Waals surface area contributed by atoms with Crippen LogP contribution in [0.5, 0.6) is 0 Å². The van der Waals surface area contributed by atoms with E-state index in [1.54, 1.807) is 31.2 Å². The molecule has 2 amide bonds. The van der Waals surface area contributed by atoms with Gasteiger partial charge in [-0.25, -0.2) is 9.69 Å². The molecule has 1 unspecified atom stereocenters. The SMILES string of the molecule is CC1OC(=O)N(c2ccccc2)C1=O. The summed E-state index contributed by atoms with van der Waals surface area (Å²) in [5.41, 5.74) is 0.548. The van der Waals surface area contributed by atoms with Crippen molar-refractivity contribution in [2.45, 2.75) is 13.0 Å². The molecule has 0 bridgehead atoms. The first-order valence-corrected chi connectivity index (χ1v) is 4.30. The van der Waals surface area contributed by atoms with E-state index in [1.807, 2.05) is 6.07 Å². The Bertz CT molecular complexity index is 374. The molecule has 1 aromatic rings. The van der Waals surface area contributed by atoms with E-state index < -0.39 is 12.2 Å². The third-order valence-corrected chi connectivity index (χ3v) is 2.04. The summed E-state index contributed by atoms with van der Waals surface area (Å²) in [6.45, 7) is 1.56. The second kappa shape index (κ2) is 3.14. The molecular weight excluding hydrogens is 182 g/mol. The Labute approximate surface area is 81.1 Å². The molecule has 1 saturated heterocycles. The van der Waals surface area contributed by atoms with Crippen molar-refractivity contribution in [1.29, 1.82) is 0 Å². The van der Waals surface area contributed by atoms with E-state index in [0.717, 1.165) is 4.90 Å². The lowest BCUT2D eigenvalue weighted by molar-refractivity contribution is -0.121. The number of cyclic esters (lactones) is 1. The number of benzene rings is 1. The molecule has 0 radical (unpaired) electrons. The number of carbonyl (C=O) groups excluding carboxylic acids is 2. The van der Waals surface area contributed by atoms with Gasteiger partial charge < -0.3 is 4.74 Å². The first-order valence-electron chi connectivity index (χ1n) is 4.30. The van der Waals surface area contributed by atoms with Crippen LogP contribution in [0.15, 0.2) is 30.3 Å². The fourth-order valence-electron chi connectivity index (χ4n) is 1.34. The highest BCUT2D eigenvalue weighted by Crippen LogP contribution is 2.21. The summed E-state index contributed by atoms with van der Waals surface area (Å²) in [5.74, 6) is -0.318. The molecule has 0 aliphatic carbocycles.